The monoisotopic (exact) mass is 345 g/mol. The molecule has 6 heteroatoms. The zero-order valence-corrected chi connectivity index (χ0v) is 14.8. The summed E-state index contributed by atoms with van der Waals surface area (Å²) in [6.45, 7) is 3.60. The summed E-state index contributed by atoms with van der Waals surface area (Å²) in [6, 6.07) is 9.33. The van der Waals surface area contributed by atoms with Gasteiger partial charge in [-0.1, -0.05) is 30.3 Å². The fourth-order valence-electron chi connectivity index (χ4n) is 3.53. The van der Waals surface area contributed by atoms with Gasteiger partial charge in [-0.25, -0.2) is 0 Å². The van der Waals surface area contributed by atoms with Gasteiger partial charge in [0.2, 0.25) is 11.8 Å². The highest BCUT2D eigenvalue weighted by Crippen LogP contribution is 2.19. The Morgan fingerprint density at radius 1 is 1.24 bits per heavy atom. The first-order valence-electron chi connectivity index (χ1n) is 9.05. The second-order valence-corrected chi connectivity index (χ2v) is 6.91. The Balaban J connectivity index is 1.51. The van der Waals surface area contributed by atoms with Gasteiger partial charge in [0.05, 0.1) is 19.1 Å². The second-order valence-electron chi connectivity index (χ2n) is 6.91. The van der Waals surface area contributed by atoms with E-state index < -0.39 is 0 Å². The van der Waals surface area contributed by atoms with E-state index in [-0.39, 0.29) is 24.0 Å². The van der Waals surface area contributed by atoms with Crippen molar-refractivity contribution in [2.75, 3.05) is 39.8 Å². The minimum atomic E-state index is -0.350. The number of hydrogen-bond donors (Lipinski definition) is 1. The zero-order chi connectivity index (χ0) is 17.6. The van der Waals surface area contributed by atoms with Crippen LogP contribution in [0, 0.1) is 0 Å². The lowest BCUT2D eigenvalue weighted by atomic mass is 10.1. The van der Waals surface area contributed by atoms with Crippen molar-refractivity contribution >= 4 is 11.8 Å². The molecule has 1 aromatic rings. The van der Waals surface area contributed by atoms with Crippen LogP contribution in [0.5, 0.6) is 0 Å². The van der Waals surface area contributed by atoms with E-state index in [1.54, 1.807) is 4.90 Å². The summed E-state index contributed by atoms with van der Waals surface area (Å²) in [7, 11) is 2.05. The van der Waals surface area contributed by atoms with Crippen LogP contribution < -0.4 is 5.32 Å². The third kappa shape index (κ3) is 4.80. The number of carbonyl (C=O) groups excluding carboxylic acids is 2. The molecule has 25 heavy (non-hydrogen) atoms. The number of benzene rings is 1. The molecule has 136 valence electrons. The average molecular weight is 345 g/mol. The van der Waals surface area contributed by atoms with Crippen LogP contribution in [0.3, 0.4) is 0 Å². The predicted molar refractivity (Wildman–Crippen MR) is 95.1 cm³/mol. The van der Waals surface area contributed by atoms with Gasteiger partial charge in [0.15, 0.2) is 0 Å². The number of morpholine rings is 1. The highest BCUT2D eigenvalue weighted by atomic mass is 16.5. The van der Waals surface area contributed by atoms with Gasteiger partial charge in [-0.05, 0) is 25.5 Å². The summed E-state index contributed by atoms with van der Waals surface area (Å²) in [5.41, 5.74) is 0.984. The molecular formula is C19H27N3O3. The molecule has 2 atom stereocenters. The smallest absolute Gasteiger partial charge is 0.242 e. The van der Waals surface area contributed by atoms with Gasteiger partial charge >= 0.3 is 0 Å². The first-order chi connectivity index (χ1) is 12.1. The molecule has 0 bridgehead atoms. The molecule has 0 spiro atoms. The lowest BCUT2D eigenvalue weighted by Crippen LogP contribution is -2.50. The van der Waals surface area contributed by atoms with Crippen LogP contribution in [0.1, 0.15) is 18.4 Å². The van der Waals surface area contributed by atoms with E-state index in [9.17, 15) is 9.59 Å². The number of likely N-dealkylation sites (tertiary alicyclic amines) is 1. The Bertz CT molecular complexity index is 593. The molecule has 0 saturated carbocycles. The van der Waals surface area contributed by atoms with Crippen molar-refractivity contribution in [3.63, 3.8) is 0 Å². The van der Waals surface area contributed by atoms with Crippen molar-refractivity contribution in [2.24, 2.45) is 0 Å². The van der Waals surface area contributed by atoms with Crippen molar-refractivity contribution in [1.29, 1.82) is 0 Å². The summed E-state index contributed by atoms with van der Waals surface area (Å²) in [5, 5.41) is 2.98. The van der Waals surface area contributed by atoms with Gasteiger partial charge in [-0.15, -0.1) is 0 Å². The molecule has 2 aliphatic rings. The quantitative estimate of drug-likeness (QED) is 0.852. The highest BCUT2D eigenvalue weighted by molar-refractivity contribution is 5.89. The molecule has 0 unspecified atom stereocenters. The highest BCUT2D eigenvalue weighted by Gasteiger charge is 2.34. The Morgan fingerprint density at radius 2 is 2.04 bits per heavy atom. The van der Waals surface area contributed by atoms with Crippen LogP contribution in [0.2, 0.25) is 0 Å². The van der Waals surface area contributed by atoms with Gasteiger partial charge in [0.25, 0.3) is 0 Å². The maximum absolute atomic E-state index is 12.6. The number of nitrogens with one attached hydrogen (secondary N) is 1. The van der Waals surface area contributed by atoms with Crippen LogP contribution >= 0.6 is 0 Å². The largest absolute Gasteiger partial charge is 0.374 e. The second kappa shape index (κ2) is 8.45. The number of ether oxygens (including phenoxy) is 1. The minimum Gasteiger partial charge on any atom is -0.374 e. The molecule has 2 amide bonds. The number of rotatable bonds is 5. The molecule has 6 nitrogen and oxygen atoms in total. The lowest BCUT2D eigenvalue weighted by molar-refractivity contribution is -0.138. The average Bonchev–Trinajstić information content (AvgIpc) is 3.11. The first-order valence-corrected chi connectivity index (χ1v) is 9.05. The molecule has 0 radical (unpaired) electrons. The Kier molecular flexibility index (Phi) is 6.04. The van der Waals surface area contributed by atoms with Crippen LogP contribution in [-0.2, 0) is 20.7 Å². The van der Waals surface area contributed by atoms with Gasteiger partial charge < -0.3 is 19.9 Å². The molecule has 0 aliphatic carbocycles. The maximum atomic E-state index is 12.6. The Labute approximate surface area is 149 Å². The standard InChI is InChI=1S/C19H27N3O3/c1-21-10-11-25-16(14-21)13-20-19(24)17-8-5-9-22(17)18(23)12-15-6-3-2-4-7-15/h2-4,6-7,16-17H,5,8-14H2,1H3,(H,20,24)/t16-,17+/m0/s1. The Morgan fingerprint density at radius 3 is 2.80 bits per heavy atom. The molecule has 2 aliphatic heterocycles. The van der Waals surface area contributed by atoms with E-state index in [1.807, 2.05) is 30.3 Å². The molecule has 3 rings (SSSR count). The summed E-state index contributed by atoms with van der Waals surface area (Å²) in [6.07, 6.45) is 1.98. The van der Waals surface area contributed by atoms with Crippen molar-refractivity contribution in [2.45, 2.75) is 31.4 Å². The lowest BCUT2D eigenvalue weighted by Gasteiger charge is -2.31. The third-order valence-electron chi connectivity index (χ3n) is 4.92. The molecule has 0 aromatic heterocycles. The molecule has 2 saturated heterocycles. The van der Waals surface area contributed by atoms with Gasteiger partial charge in [-0.2, -0.15) is 0 Å². The van der Waals surface area contributed by atoms with Crippen molar-refractivity contribution < 1.29 is 14.3 Å². The van der Waals surface area contributed by atoms with Crippen LogP contribution in [-0.4, -0.2) is 73.6 Å². The van der Waals surface area contributed by atoms with Crippen LogP contribution in [0.4, 0.5) is 0 Å². The number of carbonyl (C=O) groups is 2. The minimum absolute atomic E-state index is 0.0255. The summed E-state index contributed by atoms with van der Waals surface area (Å²) in [5.74, 6) is -0.0340. The zero-order valence-electron chi connectivity index (χ0n) is 14.8. The molecule has 1 aromatic carbocycles. The van der Waals surface area contributed by atoms with E-state index in [4.69, 9.17) is 4.74 Å². The van der Waals surface area contributed by atoms with Gasteiger partial charge in [0.1, 0.15) is 6.04 Å². The van der Waals surface area contributed by atoms with Crippen molar-refractivity contribution in [1.82, 2.24) is 15.1 Å². The molecule has 1 N–H and O–H groups in total. The number of amides is 2. The first kappa shape index (κ1) is 17.9. The van der Waals surface area contributed by atoms with E-state index in [0.717, 1.165) is 31.5 Å². The number of likely N-dealkylation sites (N-methyl/N-ethyl adjacent to an activating group) is 1. The fourth-order valence-corrected chi connectivity index (χ4v) is 3.53. The summed E-state index contributed by atoms with van der Waals surface area (Å²) in [4.78, 5) is 29.1. The van der Waals surface area contributed by atoms with E-state index in [1.165, 1.54) is 0 Å². The van der Waals surface area contributed by atoms with E-state index >= 15 is 0 Å². The van der Waals surface area contributed by atoms with E-state index in [0.29, 0.717) is 26.1 Å². The number of nitrogens with zero attached hydrogens (tertiary/aromatic N) is 2. The van der Waals surface area contributed by atoms with Crippen molar-refractivity contribution in [3.8, 4) is 0 Å². The summed E-state index contributed by atoms with van der Waals surface area (Å²) >= 11 is 0. The summed E-state index contributed by atoms with van der Waals surface area (Å²) < 4.78 is 5.68. The van der Waals surface area contributed by atoms with Crippen LogP contribution in [0.25, 0.3) is 0 Å². The molecule has 2 fully saturated rings. The predicted octanol–water partition coefficient (Wildman–Crippen LogP) is 0.667. The van der Waals surface area contributed by atoms with Crippen molar-refractivity contribution in [3.05, 3.63) is 35.9 Å². The van der Waals surface area contributed by atoms with E-state index in [2.05, 4.69) is 17.3 Å². The topological polar surface area (TPSA) is 61.9 Å². The normalized spacial score (nSPS) is 24.3. The fraction of sp³-hybridized carbons (Fsp3) is 0.579. The van der Waals surface area contributed by atoms with Gasteiger partial charge in [-0.3, -0.25) is 9.59 Å². The Hall–Kier alpha value is -1.92. The maximum Gasteiger partial charge on any atom is 0.242 e. The SMILES string of the molecule is CN1CCO[C@@H](CNC(=O)[C@H]2CCCN2C(=O)Cc2ccccc2)C1. The molecular weight excluding hydrogens is 318 g/mol. The van der Waals surface area contributed by atoms with Crippen LogP contribution in [0.15, 0.2) is 30.3 Å². The molecule has 2 heterocycles. The number of hydrogen-bond acceptors (Lipinski definition) is 4. The van der Waals surface area contributed by atoms with Gasteiger partial charge in [0, 0.05) is 26.2 Å². The third-order valence-corrected chi connectivity index (χ3v) is 4.92.